The number of amides is 1. The quantitative estimate of drug-likeness (QED) is 0.600. The Morgan fingerprint density at radius 3 is 3.00 bits per heavy atom. The maximum absolute atomic E-state index is 11.6. The van der Waals surface area contributed by atoms with E-state index >= 15 is 0 Å². The van der Waals surface area contributed by atoms with Gasteiger partial charge in [-0.25, -0.2) is 5.43 Å². The van der Waals surface area contributed by atoms with Crippen LogP contribution in [0, 0.1) is 0 Å². The highest BCUT2D eigenvalue weighted by molar-refractivity contribution is 5.95. The molecule has 0 saturated carbocycles. The Kier molecular flexibility index (Phi) is 1.96. The zero-order valence-corrected chi connectivity index (χ0v) is 8.05. The van der Waals surface area contributed by atoms with Crippen molar-refractivity contribution in [1.82, 2.24) is 10.4 Å². The van der Waals surface area contributed by atoms with E-state index in [1.807, 2.05) is 0 Å². The van der Waals surface area contributed by atoms with Gasteiger partial charge in [0.15, 0.2) is 0 Å². The smallest absolute Gasteiger partial charge is 0.263 e. The maximum Gasteiger partial charge on any atom is 0.263 e. The number of nitrogens with one attached hydrogen (secondary N) is 1. The molecule has 1 aliphatic carbocycles. The van der Waals surface area contributed by atoms with E-state index in [2.05, 4.69) is 18.4 Å². The highest BCUT2D eigenvalue weighted by Crippen LogP contribution is 2.26. The summed E-state index contributed by atoms with van der Waals surface area (Å²) < 4.78 is 0. The number of allylic oxidation sites excluding steroid dienone is 1. The van der Waals surface area contributed by atoms with Crippen molar-refractivity contribution < 1.29 is 4.79 Å². The summed E-state index contributed by atoms with van der Waals surface area (Å²) in [4.78, 5) is 11.6. The molecule has 1 N–H and O–H groups in total. The number of carbonyl (C=O) groups excluding carboxylic acids is 1. The molecule has 3 nitrogen and oxygen atoms in total. The predicted octanol–water partition coefficient (Wildman–Crippen LogP) is 1.000. The van der Waals surface area contributed by atoms with E-state index in [0.29, 0.717) is 0 Å². The molecule has 2 aliphatic rings. The van der Waals surface area contributed by atoms with Gasteiger partial charge in [0.25, 0.3) is 5.91 Å². The van der Waals surface area contributed by atoms with E-state index in [9.17, 15) is 4.79 Å². The molecule has 0 aromatic heterocycles. The van der Waals surface area contributed by atoms with Gasteiger partial charge in [0.05, 0.1) is 0 Å². The topological polar surface area (TPSA) is 32.3 Å². The fourth-order valence-corrected chi connectivity index (χ4v) is 1.82. The van der Waals surface area contributed by atoms with Crippen molar-refractivity contribution in [2.75, 3.05) is 13.6 Å². The van der Waals surface area contributed by atoms with Crippen LogP contribution >= 0.6 is 0 Å². The van der Waals surface area contributed by atoms with Gasteiger partial charge in [-0.1, -0.05) is 11.6 Å². The Morgan fingerprint density at radius 2 is 2.23 bits per heavy atom. The van der Waals surface area contributed by atoms with Crippen LogP contribution in [0.4, 0.5) is 0 Å². The van der Waals surface area contributed by atoms with Crippen LogP contribution in [0.2, 0.25) is 0 Å². The minimum Gasteiger partial charge on any atom is -0.277 e. The number of hydrogen-bond donors (Lipinski definition) is 1. The van der Waals surface area contributed by atoms with Gasteiger partial charge in [0.1, 0.15) is 0 Å². The molecule has 0 aromatic rings. The maximum atomic E-state index is 11.6. The summed E-state index contributed by atoms with van der Waals surface area (Å²) in [6, 6.07) is 0. The second-order valence-electron chi connectivity index (χ2n) is 3.69. The van der Waals surface area contributed by atoms with Crippen LogP contribution in [-0.2, 0) is 4.79 Å². The van der Waals surface area contributed by atoms with Gasteiger partial charge in [-0.15, -0.1) is 0 Å². The molecule has 1 aliphatic heterocycles. The van der Waals surface area contributed by atoms with Crippen molar-refractivity contribution in [2.45, 2.75) is 19.8 Å². The summed E-state index contributed by atoms with van der Waals surface area (Å²) in [6.07, 6.45) is 4.07. The van der Waals surface area contributed by atoms with Crippen LogP contribution in [-0.4, -0.2) is 24.5 Å². The number of nitrogens with zero attached hydrogens (tertiary/aromatic N) is 1. The summed E-state index contributed by atoms with van der Waals surface area (Å²) in [5, 5.41) is 1.58. The lowest BCUT2D eigenvalue weighted by Crippen LogP contribution is -2.46. The molecule has 3 heteroatoms. The fourth-order valence-electron chi connectivity index (χ4n) is 1.82. The van der Waals surface area contributed by atoms with Crippen LogP contribution in [0.15, 0.2) is 22.8 Å². The first-order chi connectivity index (χ1) is 6.18. The molecule has 0 fully saturated rings. The van der Waals surface area contributed by atoms with Crippen molar-refractivity contribution in [2.24, 2.45) is 0 Å². The Bertz CT molecular complexity index is 315. The molecular weight excluding hydrogens is 164 g/mol. The molecule has 2 rings (SSSR count). The van der Waals surface area contributed by atoms with Crippen LogP contribution in [0.3, 0.4) is 0 Å². The van der Waals surface area contributed by atoms with E-state index in [1.54, 1.807) is 12.1 Å². The number of carbonyl (C=O) groups is 1. The summed E-state index contributed by atoms with van der Waals surface area (Å²) >= 11 is 0. The first kappa shape index (κ1) is 8.51. The van der Waals surface area contributed by atoms with E-state index in [0.717, 1.165) is 25.0 Å². The van der Waals surface area contributed by atoms with Gasteiger partial charge in [0, 0.05) is 19.2 Å². The zero-order chi connectivity index (χ0) is 9.42. The van der Waals surface area contributed by atoms with Crippen molar-refractivity contribution in [1.29, 1.82) is 0 Å². The van der Waals surface area contributed by atoms with Crippen molar-refractivity contribution in [3.8, 4) is 0 Å². The summed E-state index contributed by atoms with van der Waals surface area (Å²) in [6.45, 7) is 2.90. The molecule has 0 radical (unpaired) electrons. The number of rotatable bonds is 0. The minimum atomic E-state index is 0.130. The minimum absolute atomic E-state index is 0.130. The lowest BCUT2D eigenvalue weighted by molar-refractivity contribution is -0.129. The highest BCUT2D eigenvalue weighted by Gasteiger charge is 2.24. The predicted molar refractivity (Wildman–Crippen MR) is 50.8 cm³/mol. The van der Waals surface area contributed by atoms with Gasteiger partial charge < -0.3 is 0 Å². The number of hydrazine groups is 1. The fraction of sp³-hybridized carbons (Fsp3) is 0.500. The van der Waals surface area contributed by atoms with Gasteiger partial charge in [-0.05, 0) is 25.3 Å². The molecule has 0 spiro atoms. The Labute approximate surface area is 78.1 Å². The van der Waals surface area contributed by atoms with Crippen molar-refractivity contribution in [3.05, 3.63) is 22.8 Å². The molecule has 0 saturated heterocycles. The van der Waals surface area contributed by atoms with Gasteiger partial charge >= 0.3 is 0 Å². The normalized spacial score (nSPS) is 23.1. The Balaban J connectivity index is 2.36. The molecule has 0 bridgehead atoms. The van der Waals surface area contributed by atoms with Crippen molar-refractivity contribution in [3.63, 3.8) is 0 Å². The van der Waals surface area contributed by atoms with Gasteiger partial charge in [-0.3, -0.25) is 9.80 Å². The van der Waals surface area contributed by atoms with E-state index in [4.69, 9.17) is 0 Å². The van der Waals surface area contributed by atoms with Crippen LogP contribution in [0.5, 0.6) is 0 Å². The van der Waals surface area contributed by atoms with Crippen LogP contribution in [0.1, 0.15) is 19.8 Å². The second kappa shape index (κ2) is 3.00. The first-order valence-electron chi connectivity index (χ1n) is 4.59. The summed E-state index contributed by atoms with van der Waals surface area (Å²) in [7, 11) is 1.78. The Hall–Kier alpha value is -1.09. The van der Waals surface area contributed by atoms with E-state index in [-0.39, 0.29) is 5.91 Å². The molecule has 0 unspecified atom stereocenters. The lowest BCUT2D eigenvalue weighted by atomic mass is 9.91. The first-order valence-corrected chi connectivity index (χ1v) is 4.59. The average Bonchev–Trinajstić information content (AvgIpc) is 2.12. The SMILES string of the molecule is CC1=CC2=C(CC1)C(=O)N(C)NC2. The third kappa shape index (κ3) is 1.40. The molecular formula is C10H14N2O. The van der Waals surface area contributed by atoms with Crippen LogP contribution in [0.25, 0.3) is 0 Å². The van der Waals surface area contributed by atoms with Crippen LogP contribution < -0.4 is 5.43 Å². The molecule has 13 heavy (non-hydrogen) atoms. The second-order valence-corrected chi connectivity index (χ2v) is 3.69. The monoisotopic (exact) mass is 178 g/mol. The largest absolute Gasteiger partial charge is 0.277 e. The Morgan fingerprint density at radius 1 is 1.46 bits per heavy atom. The molecule has 1 heterocycles. The van der Waals surface area contributed by atoms with Crippen molar-refractivity contribution >= 4 is 5.91 Å². The zero-order valence-electron chi connectivity index (χ0n) is 8.05. The van der Waals surface area contributed by atoms with Gasteiger partial charge in [-0.2, -0.15) is 0 Å². The van der Waals surface area contributed by atoms with E-state index < -0.39 is 0 Å². The molecule has 0 aromatic carbocycles. The lowest BCUT2D eigenvalue weighted by Gasteiger charge is -2.29. The average molecular weight is 178 g/mol. The summed E-state index contributed by atoms with van der Waals surface area (Å²) in [5.41, 5.74) is 6.57. The number of hydrogen-bond acceptors (Lipinski definition) is 2. The summed E-state index contributed by atoms with van der Waals surface area (Å²) in [5.74, 6) is 0.130. The molecule has 70 valence electrons. The third-order valence-electron chi connectivity index (χ3n) is 2.65. The molecule has 1 amide bonds. The molecule has 0 atom stereocenters. The highest BCUT2D eigenvalue weighted by atomic mass is 16.2. The van der Waals surface area contributed by atoms with Gasteiger partial charge in [0.2, 0.25) is 0 Å². The standard InChI is InChI=1S/C10H14N2O/c1-7-3-4-9-8(5-7)6-11-12(2)10(9)13/h5,11H,3-4,6H2,1-2H3. The third-order valence-corrected chi connectivity index (χ3v) is 2.65. The van der Waals surface area contributed by atoms with E-state index in [1.165, 1.54) is 11.1 Å². The number of likely N-dealkylation sites (N-methyl/N-ethyl adjacent to an activating group) is 1.